The first-order chi connectivity index (χ1) is 8.74. The van der Waals surface area contributed by atoms with Gasteiger partial charge in [-0.25, -0.2) is 4.98 Å². The van der Waals surface area contributed by atoms with Gasteiger partial charge in [0.05, 0.1) is 0 Å². The van der Waals surface area contributed by atoms with Crippen LogP contribution in [0.2, 0.25) is 0 Å². The molecule has 1 saturated carbocycles. The number of nitrogens with zero attached hydrogens (tertiary/aromatic N) is 1. The summed E-state index contributed by atoms with van der Waals surface area (Å²) in [5.74, 6) is 1.17. The molecule has 0 radical (unpaired) electrons. The van der Waals surface area contributed by atoms with E-state index < -0.39 is 0 Å². The second-order valence-corrected chi connectivity index (χ2v) is 4.98. The summed E-state index contributed by atoms with van der Waals surface area (Å²) < 4.78 is 0. The van der Waals surface area contributed by atoms with Gasteiger partial charge in [-0.1, -0.05) is 18.9 Å². The lowest BCUT2D eigenvalue weighted by Crippen LogP contribution is -2.35. The van der Waals surface area contributed by atoms with Crippen molar-refractivity contribution in [1.29, 1.82) is 0 Å². The molecule has 5 heteroatoms. The lowest BCUT2D eigenvalue weighted by molar-refractivity contribution is -0.120. The van der Waals surface area contributed by atoms with Crippen molar-refractivity contribution in [1.82, 2.24) is 10.3 Å². The van der Waals surface area contributed by atoms with E-state index in [4.69, 9.17) is 12.2 Å². The molecule has 1 aromatic rings. The Kier molecular flexibility index (Phi) is 4.64. The van der Waals surface area contributed by atoms with E-state index >= 15 is 0 Å². The summed E-state index contributed by atoms with van der Waals surface area (Å²) in [5, 5.41) is 5.90. The predicted molar refractivity (Wildman–Crippen MR) is 75.2 cm³/mol. The number of pyridine rings is 1. The Labute approximate surface area is 112 Å². The van der Waals surface area contributed by atoms with Crippen LogP contribution in [0.1, 0.15) is 32.1 Å². The van der Waals surface area contributed by atoms with Crippen molar-refractivity contribution >= 4 is 29.1 Å². The fourth-order valence-electron chi connectivity index (χ4n) is 2.24. The molecular formula is C13H17N3OS. The number of amides is 1. The Morgan fingerprint density at radius 1 is 1.39 bits per heavy atom. The first-order valence-corrected chi connectivity index (χ1v) is 6.67. The lowest BCUT2D eigenvalue weighted by Gasteiger charge is -2.11. The molecular weight excluding hydrogens is 246 g/mol. The van der Waals surface area contributed by atoms with E-state index in [2.05, 4.69) is 15.6 Å². The van der Waals surface area contributed by atoms with Crippen LogP contribution in [0, 0.1) is 5.92 Å². The zero-order valence-electron chi connectivity index (χ0n) is 10.2. The average molecular weight is 263 g/mol. The fourth-order valence-corrected chi connectivity index (χ4v) is 2.46. The number of carbonyl (C=O) groups is 1. The standard InChI is InChI=1S/C13H17N3OS/c17-12(9-10-5-1-2-6-10)16-13(18)15-11-7-3-4-8-14-11/h3-4,7-8,10H,1-2,5-6,9H2,(H2,14,15,16,17,18). The molecule has 0 saturated heterocycles. The minimum Gasteiger partial charge on any atom is -0.317 e. The van der Waals surface area contributed by atoms with Crippen LogP contribution in [0.3, 0.4) is 0 Å². The smallest absolute Gasteiger partial charge is 0.226 e. The molecule has 1 fully saturated rings. The van der Waals surface area contributed by atoms with E-state index in [-0.39, 0.29) is 5.91 Å². The molecule has 0 aromatic carbocycles. The first-order valence-electron chi connectivity index (χ1n) is 6.26. The molecule has 1 aliphatic rings. The van der Waals surface area contributed by atoms with Crippen molar-refractivity contribution in [2.24, 2.45) is 5.92 Å². The van der Waals surface area contributed by atoms with Crippen LogP contribution in [0.25, 0.3) is 0 Å². The van der Waals surface area contributed by atoms with Crippen molar-refractivity contribution in [3.63, 3.8) is 0 Å². The zero-order valence-corrected chi connectivity index (χ0v) is 11.0. The van der Waals surface area contributed by atoms with Gasteiger partial charge in [-0.3, -0.25) is 4.79 Å². The molecule has 0 bridgehead atoms. The number of aromatic nitrogens is 1. The van der Waals surface area contributed by atoms with E-state index in [1.54, 1.807) is 12.3 Å². The highest BCUT2D eigenvalue weighted by Crippen LogP contribution is 2.27. The molecule has 96 valence electrons. The van der Waals surface area contributed by atoms with Gasteiger partial charge < -0.3 is 10.6 Å². The minimum absolute atomic E-state index is 0.00432. The number of rotatable bonds is 3. The highest BCUT2D eigenvalue weighted by molar-refractivity contribution is 7.80. The van der Waals surface area contributed by atoms with Gasteiger partial charge in [0.25, 0.3) is 0 Å². The first kappa shape index (κ1) is 13.0. The number of nitrogens with one attached hydrogen (secondary N) is 2. The average Bonchev–Trinajstić information content (AvgIpc) is 2.82. The van der Waals surface area contributed by atoms with E-state index in [0.29, 0.717) is 23.3 Å². The van der Waals surface area contributed by atoms with Crippen molar-refractivity contribution in [2.75, 3.05) is 5.32 Å². The van der Waals surface area contributed by atoms with Crippen LogP contribution in [-0.4, -0.2) is 16.0 Å². The number of carbonyl (C=O) groups excluding carboxylic acids is 1. The molecule has 0 unspecified atom stereocenters. The largest absolute Gasteiger partial charge is 0.317 e. The summed E-state index contributed by atoms with van der Waals surface area (Å²) in [6, 6.07) is 5.49. The van der Waals surface area contributed by atoms with Crippen molar-refractivity contribution < 1.29 is 4.79 Å². The van der Waals surface area contributed by atoms with Gasteiger partial charge in [0.2, 0.25) is 5.91 Å². The van der Waals surface area contributed by atoms with Gasteiger partial charge in [-0.05, 0) is 43.1 Å². The molecule has 1 amide bonds. The lowest BCUT2D eigenvalue weighted by atomic mass is 10.0. The molecule has 4 nitrogen and oxygen atoms in total. The third kappa shape index (κ3) is 4.07. The second kappa shape index (κ2) is 6.44. The Morgan fingerprint density at radius 3 is 2.83 bits per heavy atom. The van der Waals surface area contributed by atoms with Gasteiger partial charge in [0, 0.05) is 12.6 Å². The van der Waals surface area contributed by atoms with Crippen molar-refractivity contribution in [2.45, 2.75) is 32.1 Å². The van der Waals surface area contributed by atoms with Crippen LogP contribution in [0.15, 0.2) is 24.4 Å². The summed E-state index contributed by atoms with van der Waals surface area (Å²) in [6.45, 7) is 0. The highest BCUT2D eigenvalue weighted by atomic mass is 32.1. The van der Waals surface area contributed by atoms with E-state index in [1.165, 1.54) is 12.8 Å². The quantitative estimate of drug-likeness (QED) is 0.823. The highest BCUT2D eigenvalue weighted by Gasteiger charge is 2.18. The Hall–Kier alpha value is -1.49. The second-order valence-electron chi connectivity index (χ2n) is 4.57. The van der Waals surface area contributed by atoms with Crippen LogP contribution < -0.4 is 10.6 Å². The van der Waals surface area contributed by atoms with Crippen LogP contribution in [-0.2, 0) is 4.79 Å². The molecule has 0 spiro atoms. The van der Waals surface area contributed by atoms with Gasteiger partial charge in [0.15, 0.2) is 5.11 Å². The SMILES string of the molecule is O=C(CC1CCCC1)NC(=S)Nc1ccccn1. The predicted octanol–water partition coefficient (Wildman–Crippen LogP) is 2.47. The Morgan fingerprint density at radius 2 is 2.17 bits per heavy atom. The summed E-state index contributed by atoms with van der Waals surface area (Å²) in [7, 11) is 0. The number of hydrogen-bond acceptors (Lipinski definition) is 3. The van der Waals surface area contributed by atoms with Crippen molar-refractivity contribution in [3.8, 4) is 0 Å². The van der Waals surface area contributed by atoms with Gasteiger partial charge in [0.1, 0.15) is 5.82 Å². The molecule has 1 heterocycles. The fraction of sp³-hybridized carbons (Fsp3) is 0.462. The topological polar surface area (TPSA) is 54.0 Å². The summed E-state index contributed by atoms with van der Waals surface area (Å²) in [4.78, 5) is 15.8. The molecule has 0 atom stereocenters. The number of anilines is 1. The maximum atomic E-state index is 11.7. The maximum Gasteiger partial charge on any atom is 0.226 e. The third-order valence-corrected chi connectivity index (χ3v) is 3.31. The molecule has 18 heavy (non-hydrogen) atoms. The molecule has 2 rings (SSSR count). The van der Waals surface area contributed by atoms with E-state index in [9.17, 15) is 4.79 Å². The van der Waals surface area contributed by atoms with Gasteiger partial charge in [-0.15, -0.1) is 0 Å². The van der Waals surface area contributed by atoms with Crippen molar-refractivity contribution in [3.05, 3.63) is 24.4 Å². The van der Waals surface area contributed by atoms with E-state index in [1.807, 2.05) is 12.1 Å². The zero-order chi connectivity index (χ0) is 12.8. The summed E-state index contributed by atoms with van der Waals surface area (Å²) in [5.41, 5.74) is 0. The number of hydrogen-bond donors (Lipinski definition) is 2. The molecule has 0 aliphatic heterocycles. The van der Waals surface area contributed by atoms with Crippen LogP contribution >= 0.6 is 12.2 Å². The normalized spacial score (nSPS) is 15.3. The molecule has 1 aliphatic carbocycles. The summed E-state index contributed by atoms with van der Waals surface area (Å²) in [6.07, 6.45) is 7.06. The molecule has 1 aromatic heterocycles. The van der Waals surface area contributed by atoms with Gasteiger partial charge >= 0.3 is 0 Å². The third-order valence-electron chi connectivity index (χ3n) is 3.11. The minimum atomic E-state index is -0.00432. The van der Waals surface area contributed by atoms with Gasteiger partial charge in [-0.2, -0.15) is 0 Å². The Bertz CT molecular complexity index is 416. The van der Waals surface area contributed by atoms with Crippen LogP contribution in [0.5, 0.6) is 0 Å². The maximum absolute atomic E-state index is 11.7. The summed E-state index contributed by atoms with van der Waals surface area (Å²) >= 11 is 5.07. The number of thiocarbonyl (C=S) groups is 1. The molecule has 2 N–H and O–H groups in total. The Balaban J connectivity index is 1.75. The van der Waals surface area contributed by atoms with E-state index in [0.717, 1.165) is 12.8 Å². The monoisotopic (exact) mass is 263 g/mol. The van der Waals surface area contributed by atoms with Crippen LogP contribution in [0.4, 0.5) is 5.82 Å².